The van der Waals surface area contributed by atoms with Crippen molar-refractivity contribution >= 4 is 40.9 Å². The number of carbonyl (C=O) groups excluding carboxylic acids is 4. The molecule has 3 N–H and O–H groups in total. The van der Waals surface area contributed by atoms with E-state index in [2.05, 4.69) is 64.1 Å². The van der Waals surface area contributed by atoms with Gasteiger partial charge in [-0.05, 0) is 136 Å². The van der Waals surface area contributed by atoms with Crippen LogP contribution in [-0.2, 0) is 23.9 Å². The Labute approximate surface area is 362 Å². The van der Waals surface area contributed by atoms with E-state index in [0.29, 0.717) is 35.2 Å². The number of Topliss-reactive ketones (excluding diaryl/α,β-unsaturated/α-hetero) is 1. The molecule has 6 aliphatic rings. The number of hydrogen-bond acceptors (Lipinski definition) is 8. The molecule has 5 fully saturated rings. The van der Waals surface area contributed by atoms with Gasteiger partial charge in [0.15, 0.2) is 5.78 Å². The Morgan fingerprint density at radius 1 is 0.883 bits per heavy atom. The minimum atomic E-state index is -0.839. The lowest BCUT2D eigenvalue weighted by Gasteiger charge is -2.72. The van der Waals surface area contributed by atoms with E-state index in [1.807, 2.05) is 41.5 Å². The fourth-order valence-corrected chi connectivity index (χ4v) is 15.8. The molecule has 2 amide bonds. The number of esters is 1. The first kappa shape index (κ1) is 45.0. The highest BCUT2D eigenvalue weighted by Gasteiger charge is 2.70. The molecule has 1 aromatic heterocycles. The summed E-state index contributed by atoms with van der Waals surface area (Å²) in [6.45, 7) is 28.1. The van der Waals surface area contributed by atoms with Gasteiger partial charge < -0.3 is 20.5 Å². The number of nitrogens with zero attached hydrogens (tertiary/aromatic N) is 1. The fraction of sp³-hybridized carbons (Fsp3) is 0.796. The normalized spacial score (nSPS) is 37.9. The Kier molecular flexibility index (Phi) is 11.1. The Morgan fingerprint density at radius 2 is 1.57 bits per heavy atom. The van der Waals surface area contributed by atoms with Crippen molar-refractivity contribution in [2.45, 2.75) is 172 Å². The van der Waals surface area contributed by atoms with Crippen LogP contribution in [0.4, 0.5) is 0 Å². The fourth-order valence-electron chi connectivity index (χ4n) is 14.9. The van der Waals surface area contributed by atoms with Crippen molar-refractivity contribution < 1.29 is 33.8 Å². The van der Waals surface area contributed by atoms with Crippen molar-refractivity contribution in [3.05, 3.63) is 26.7 Å². The molecule has 0 spiro atoms. The Morgan fingerprint density at radius 3 is 2.17 bits per heavy atom. The van der Waals surface area contributed by atoms with E-state index < -0.39 is 34.2 Å². The van der Waals surface area contributed by atoms with Crippen LogP contribution in [0.1, 0.15) is 167 Å². The van der Waals surface area contributed by atoms with Gasteiger partial charge >= 0.3 is 11.9 Å². The van der Waals surface area contributed by atoms with Crippen LogP contribution in [0.25, 0.3) is 0 Å². The van der Waals surface area contributed by atoms with Crippen molar-refractivity contribution in [2.75, 3.05) is 6.54 Å². The molecule has 1 heterocycles. The molecule has 10 nitrogen and oxygen atoms in total. The maximum absolute atomic E-state index is 14.2. The Bertz CT molecular complexity index is 2010. The van der Waals surface area contributed by atoms with Gasteiger partial charge in [-0.2, -0.15) is 0 Å². The molecule has 0 saturated heterocycles. The lowest BCUT2D eigenvalue weighted by atomic mass is 9.33. The average molecular weight is 848 g/mol. The molecule has 0 bridgehead atoms. The van der Waals surface area contributed by atoms with Gasteiger partial charge in [0.2, 0.25) is 5.91 Å². The molecular weight excluding hydrogens is 775 g/mol. The number of nitrogens with one attached hydrogen (secondary N) is 2. The van der Waals surface area contributed by atoms with E-state index >= 15 is 0 Å². The quantitative estimate of drug-likeness (QED) is 0.197. The summed E-state index contributed by atoms with van der Waals surface area (Å²) in [6, 6.07) is 0. The highest BCUT2D eigenvalue weighted by molar-refractivity contribution is 7.13. The summed E-state index contributed by atoms with van der Waals surface area (Å²) in [4.78, 5) is 71.9. The van der Waals surface area contributed by atoms with Gasteiger partial charge in [0.05, 0.1) is 28.1 Å². The van der Waals surface area contributed by atoms with Gasteiger partial charge in [0.1, 0.15) is 11.0 Å². The molecular formula is C49H73N3O7S. The number of aliphatic carboxylic acids is 1. The molecule has 11 heteroatoms. The summed E-state index contributed by atoms with van der Waals surface area (Å²) < 4.78 is 6.42. The van der Waals surface area contributed by atoms with Crippen LogP contribution in [0.2, 0.25) is 0 Å². The second-order valence-electron chi connectivity index (χ2n) is 23.2. The standard InChI is InChI=1S/C49H73N3O7S/c1-26(2)37-32(53)23-49(24-36(54)50-25-43(5,6)52-40(55)39-27(3)51-28(4)60-39)21-20-47(12)29(38(37)49)14-15-34-46(11)18-17-35(45(9,10)33(46)16-19-48(34,47)13)59-42(58)31-22-30(41(56)57)44(31,7)8/h26,29-31,33-35H,14-25H2,1-13H3,(H,50,54)(H,52,55)(H,56,57)/t29-,30+,31-,33+,34-,35+,46+,47-,48-,49+/m1/s1. The number of fused-ring (bicyclic) bond motifs is 7. The van der Waals surface area contributed by atoms with E-state index in [1.165, 1.54) is 16.9 Å². The molecule has 7 rings (SSSR count). The zero-order valence-electron chi connectivity index (χ0n) is 38.8. The first-order chi connectivity index (χ1) is 27.6. The number of aryl methyl sites for hydroxylation is 2. The summed E-state index contributed by atoms with van der Waals surface area (Å²) in [5.74, 6) is -0.919. The summed E-state index contributed by atoms with van der Waals surface area (Å²) in [7, 11) is 0. The van der Waals surface area contributed by atoms with Crippen molar-refractivity contribution in [1.29, 1.82) is 0 Å². The second-order valence-corrected chi connectivity index (χ2v) is 24.4. The number of ketones is 1. The van der Waals surface area contributed by atoms with Crippen LogP contribution in [0.3, 0.4) is 0 Å². The zero-order chi connectivity index (χ0) is 44.3. The molecule has 5 saturated carbocycles. The van der Waals surface area contributed by atoms with Crippen LogP contribution >= 0.6 is 11.3 Å². The van der Waals surface area contributed by atoms with Crippen LogP contribution < -0.4 is 10.6 Å². The van der Waals surface area contributed by atoms with Crippen molar-refractivity contribution in [3.8, 4) is 0 Å². The minimum Gasteiger partial charge on any atom is -0.481 e. The van der Waals surface area contributed by atoms with E-state index in [-0.39, 0.29) is 76.1 Å². The number of rotatable bonds is 10. The molecule has 10 atom stereocenters. The van der Waals surface area contributed by atoms with Crippen LogP contribution in [0, 0.1) is 81.8 Å². The van der Waals surface area contributed by atoms with E-state index in [1.54, 1.807) is 0 Å². The van der Waals surface area contributed by atoms with E-state index in [9.17, 15) is 29.1 Å². The largest absolute Gasteiger partial charge is 0.481 e. The van der Waals surface area contributed by atoms with Gasteiger partial charge in [-0.15, -0.1) is 11.3 Å². The zero-order valence-corrected chi connectivity index (χ0v) is 39.6. The summed E-state index contributed by atoms with van der Waals surface area (Å²) in [5.41, 5.74) is 0.930. The molecule has 332 valence electrons. The van der Waals surface area contributed by atoms with Gasteiger partial charge in [-0.1, -0.05) is 67.9 Å². The predicted octanol–water partition coefficient (Wildman–Crippen LogP) is 9.41. The highest BCUT2D eigenvalue weighted by Crippen LogP contribution is 2.77. The highest BCUT2D eigenvalue weighted by atomic mass is 32.1. The second kappa shape index (κ2) is 14.8. The monoisotopic (exact) mass is 848 g/mol. The summed E-state index contributed by atoms with van der Waals surface area (Å²) in [5, 5.41) is 16.8. The first-order valence-corrected chi connectivity index (χ1v) is 23.7. The van der Waals surface area contributed by atoms with Crippen molar-refractivity contribution in [2.24, 2.45) is 68.0 Å². The van der Waals surface area contributed by atoms with Gasteiger partial charge in [0, 0.05) is 30.2 Å². The average Bonchev–Trinajstić information content (AvgIpc) is 3.62. The third-order valence-corrected chi connectivity index (χ3v) is 19.5. The molecule has 6 aliphatic carbocycles. The SMILES string of the molecule is Cc1nc(C)c(C(=O)NC(C)(C)CNC(=O)C[C@@]23CC[C@]4(C)[C@H](CC[C@@H]5[C@@]6(C)CC[C@H](OC(=O)[C@H]7C[C@@H](C(=O)O)C7(C)C)C(C)(C)[C@@H]6CC[C@]54C)C2=C(C(C)C)C(=O)C3)s1. The lowest BCUT2D eigenvalue weighted by Crippen LogP contribution is -2.66. The van der Waals surface area contributed by atoms with E-state index in [4.69, 9.17) is 4.74 Å². The van der Waals surface area contributed by atoms with Crippen molar-refractivity contribution in [3.63, 3.8) is 0 Å². The number of allylic oxidation sites excluding steroid dienone is 2. The maximum Gasteiger partial charge on any atom is 0.309 e. The smallest absolute Gasteiger partial charge is 0.309 e. The number of carboxylic acid groups (broad SMARTS) is 1. The number of carboxylic acids is 1. The molecule has 60 heavy (non-hydrogen) atoms. The van der Waals surface area contributed by atoms with Crippen molar-refractivity contribution in [1.82, 2.24) is 15.6 Å². The topological polar surface area (TPSA) is 152 Å². The molecule has 0 radical (unpaired) electrons. The van der Waals surface area contributed by atoms with Gasteiger partial charge in [-0.25, -0.2) is 4.98 Å². The first-order valence-electron chi connectivity index (χ1n) is 22.9. The maximum atomic E-state index is 14.2. The molecule has 0 aliphatic heterocycles. The number of thiazole rings is 1. The summed E-state index contributed by atoms with van der Waals surface area (Å²) in [6.07, 6.45) is 8.52. The molecule has 0 unspecified atom stereocenters. The summed E-state index contributed by atoms with van der Waals surface area (Å²) >= 11 is 1.37. The Balaban J connectivity index is 1.09. The number of hydrogen-bond donors (Lipinski definition) is 3. The van der Waals surface area contributed by atoms with Gasteiger partial charge in [0.25, 0.3) is 5.91 Å². The minimum absolute atomic E-state index is 0.0227. The molecule has 1 aromatic rings. The lowest BCUT2D eigenvalue weighted by molar-refractivity contribution is -0.236. The van der Waals surface area contributed by atoms with E-state index in [0.717, 1.165) is 61.9 Å². The number of carbonyl (C=O) groups is 5. The van der Waals surface area contributed by atoms with Crippen LogP contribution in [-0.4, -0.2) is 57.8 Å². The third-order valence-electron chi connectivity index (χ3n) is 18.4. The Hall–Kier alpha value is -3.08. The number of aromatic nitrogens is 1. The van der Waals surface area contributed by atoms with Gasteiger partial charge in [-0.3, -0.25) is 24.0 Å². The van der Waals surface area contributed by atoms with Crippen LogP contribution in [0.15, 0.2) is 11.1 Å². The number of ether oxygens (including phenoxy) is 1. The third kappa shape index (κ3) is 6.83. The molecule has 0 aromatic carbocycles. The van der Waals surface area contributed by atoms with Crippen LogP contribution in [0.5, 0.6) is 0 Å². The number of amides is 2. The predicted molar refractivity (Wildman–Crippen MR) is 233 cm³/mol.